The van der Waals surface area contributed by atoms with Gasteiger partial charge in [0.25, 0.3) is 0 Å². The lowest BCUT2D eigenvalue weighted by molar-refractivity contribution is -0.00527. The molecule has 10 aromatic rings. The Hall–Kier alpha value is -6.78. The van der Waals surface area contributed by atoms with Crippen LogP contribution in [0.25, 0.3) is 77.1 Å². The molecule has 9 aliphatic carbocycles. The lowest BCUT2D eigenvalue weighted by atomic mass is 9.44. The van der Waals surface area contributed by atoms with Gasteiger partial charge in [0, 0.05) is 54.8 Å². The Labute approximate surface area is 465 Å². The molecule has 2 aliphatic heterocycles. The van der Waals surface area contributed by atoms with Gasteiger partial charge in [0.15, 0.2) is 5.58 Å². The number of nitrogens with zero attached hydrogens (tertiary/aromatic N) is 2. The van der Waals surface area contributed by atoms with Gasteiger partial charge in [-0.3, -0.25) is 0 Å². The molecule has 8 saturated carbocycles. The first-order valence-corrected chi connectivity index (χ1v) is 30.8. The standard InChI is InChI=1S/C75H69BN2O/c1-72(2,3)49-19-21-64(54(29-49)48-13-7-6-8-14-48)77-66-34-55-52-15-9-11-17-61(52)73(4,5)62(55)35-63(66)76-68-57(33-60-53-16-10-12-18-67(53)79-71(60)70(68)77)59-32-51(75-39-45-26-46(40-75)28-47(27-45)41-75)31-58-56-30-50(20-22-65(56)78(76)69(58)59)74-36-42-23-43(37-74)25-44(24-42)38-74/h6-22,29-35,42-47H,23-28,36-41H2,1-5H3. The first-order chi connectivity index (χ1) is 38.4. The van der Waals surface area contributed by atoms with Crippen LogP contribution in [0.2, 0.25) is 0 Å². The van der Waals surface area contributed by atoms with Crippen LogP contribution in [-0.2, 0) is 21.7 Å². The van der Waals surface area contributed by atoms with E-state index in [4.69, 9.17) is 4.42 Å². The average Bonchev–Trinajstić information content (AvgIpc) is 4.14. The highest BCUT2D eigenvalue weighted by atomic mass is 16.3. The van der Waals surface area contributed by atoms with E-state index in [1.165, 1.54) is 188 Å². The summed E-state index contributed by atoms with van der Waals surface area (Å²) in [5.74, 6) is 5.27. The number of aromatic nitrogens is 1. The van der Waals surface area contributed by atoms with E-state index in [2.05, 4.69) is 190 Å². The van der Waals surface area contributed by atoms with Crippen LogP contribution in [0.15, 0.2) is 150 Å². The Morgan fingerprint density at radius 2 is 1.14 bits per heavy atom. The second kappa shape index (κ2) is 15.0. The van der Waals surface area contributed by atoms with Gasteiger partial charge in [0.1, 0.15) is 5.58 Å². The number of furan rings is 1. The predicted octanol–water partition coefficient (Wildman–Crippen LogP) is 18.3. The lowest BCUT2D eigenvalue weighted by Gasteiger charge is -2.57. The van der Waals surface area contributed by atoms with Crippen LogP contribution in [0.5, 0.6) is 0 Å². The van der Waals surface area contributed by atoms with Crippen molar-refractivity contribution in [3.8, 4) is 33.4 Å². The second-order valence-electron chi connectivity index (χ2n) is 29.3. The molecule has 0 unspecified atom stereocenters. The molecule has 0 N–H and O–H groups in total. The highest BCUT2D eigenvalue weighted by Gasteiger charge is 2.55. The highest BCUT2D eigenvalue weighted by Crippen LogP contribution is 2.64. The van der Waals surface area contributed by atoms with Crippen LogP contribution in [0.3, 0.4) is 0 Å². The molecule has 0 spiro atoms. The Kier molecular flexibility index (Phi) is 8.52. The van der Waals surface area contributed by atoms with Crippen LogP contribution in [0.1, 0.15) is 139 Å². The normalized spacial score (nSPS) is 27.9. The zero-order valence-corrected chi connectivity index (χ0v) is 46.7. The van der Waals surface area contributed by atoms with Crippen LogP contribution in [0.4, 0.5) is 17.1 Å². The third kappa shape index (κ3) is 5.87. The van der Waals surface area contributed by atoms with E-state index in [9.17, 15) is 0 Å². The summed E-state index contributed by atoms with van der Waals surface area (Å²) in [5, 5.41) is 5.38. The second-order valence-corrected chi connectivity index (χ2v) is 29.3. The van der Waals surface area contributed by atoms with Gasteiger partial charge in [-0.05, 0) is 244 Å². The van der Waals surface area contributed by atoms with Crippen LogP contribution < -0.4 is 15.8 Å². The summed E-state index contributed by atoms with van der Waals surface area (Å²) >= 11 is 0. The van der Waals surface area contributed by atoms with E-state index in [0.29, 0.717) is 5.41 Å². The topological polar surface area (TPSA) is 21.3 Å². The molecule has 0 atom stereocenters. The molecular formula is C75H69BN2O. The monoisotopic (exact) mass is 1020 g/mol. The molecular weight excluding hydrogens is 956 g/mol. The smallest absolute Gasteiger partial charge is 0.333 e. The van der Waals surface area contributed by atoms with Crippen molar-refractivity contribution in [2.24, 2.45) is 35.5 Å². The Morgan fingerprint density at radius 3 is 1.85 bits per heavy atom. The van der Waals surface area contributed by atoms with Crippen molar-refractivity contribution in [3.63, 3.8) is 0 Å². The summed E-state index contributed by atoms with van der Waals surface area (Å²) in [5.41, 5.74) is 26.9. The van der Waals surface area contributed by atoms with E-state index < -0.39 is 0 Å². The zero-order valence-electron chi connectivity index (χ0n) is 46.7. The summed E-state index contributed by atoms with van der Waals surface area (Å²) in [6, 6.07) is 58.4. The lowest BCUT2D eigenvalue weighted by Crippen LogP contribution is -2.57. The van der Waals surface area contributed by atoms with Crippen LogP contribution in [-0.4, -0.2) is 11.3 Å². The van der Waals surface area contributed by atoms with E-state index in [1.54, 1.807) is 11.1 Å². The molecule has 4 heterocycles. The molecule has 8 bridgehead atoms. The molecule has 21 rings (SSSR count). The van der Waals surface area contributed by atoms with Gasteiger partial charge in [0.05, 0.1) is 11.4 Å². The summed E-state index contributed by atoms with van der Waals surface area (Å²) in [6.45, 7) is 11.9. The molecule has 0 amide bonds. The first kappa shape index (κ1) is 45.0. The van der Waals surface area contributed by atoms with Crippen molar-refractivity contribution in [3.05, 3.63) is 173 Å². The maximum absolute atomic E-state index is 7.50. The number of hydrogen-bond donors (Lipinski definition) is 0. The summed E-state index contributed by atoms with van der Waals surface area (Å²) < 4.78 is 10.4. The van der Waals surface area contributed by atoms with Gasteiger partial charge in [-0.2, -0.15) is 0 Å². The Morgan fingerprint density at radius 1 is 0.494 bits per heavy atom. The SMILES string of the molecule is CC(C)(C)c1ccc(N2c3cc4c(cc3B3c5c(cc6c(oc7ccccc76)c52)-c2cc(C56CC7CC(CC(C7)C5)C6)cc5c6cc(C78CC9CC(CC(C9)C7)C8)ccc6n3c25)C(C)(C)c2ccccc2-4)c(-c2ccccc2)c1. The first-order valence-electron chi connectivity index (χ1n) is 30.8. The largest absolute Gasteiger partial charge is 0.454 e. The third-order valence-electron chi connectivity index (χ3n) is 23.4. The number of para-hydroxylation sites is 1. The molecule has 79 heavy (non-hydrogen) atoms. The van der Waals surface area contributed by atoms with E-state index >= 15 is 0 Å². The number of rotatable bonds is 4. The average molecular weight is 1030 g/mol. The van der Waals surface area contributed by atoms with Crippen molar-refractivity contribution in [1.82, 2.24) is 4.48 Å². The maximum atomic E-state index is 7.50. The minimum Gasteiger partial charge on any atom is -0.454 e. The minimum atomic E-state index is -0.179. The van der Waals surface area contributed by atoms with Crippen molar-refractivity contribution in [2.75, 3.05) is 4.90 Å². The number of hydrogen-bond acceptors (Lipinski definition) is 2. The molecule has 8 aromatic carbocycles. The highest BCUT2D eigenvalue weighted by molar-refractivity contribution is 6.90. The van der Waals surface area contributed by atoms with Crippen molar-refractivity contribution < 1.29 is 4.42 Å². The van der Waals surface area contributed by atoms with Gasteiger partial charge in [-0.25, -0.2) is 0 Å². The van der Waals surface area contributed by atoms with E-state index in [-0.39, 0.29) is 23.1 Å². The quantitative estimate of drug-likeness (QED) is 0.164. The predicted molar refractivity (Wildman–Crippen MR) is 329 cm³/mol. The van der Waals surface area contributed by atoms with Crippen molar-refractivity contribution in [1.29, 1.82) is 0 Å². The Balaban J connectivity index is 0.972. The molecule has 11 aliphatic rings. The van der Waals surface area contributed by atoms with Gasteiger partial charge in [0.2, 0.25) is 0 Å². The number of anilines is 3. The molecule has 2 aromatic heterocycles. The molecule has 0 saturated heterocycles. The summed E-state index contributed by atoms with van der Waals surface area (Å²) in [6.07, 6.45) is 16.9. The van der Waals surface area contributed by atoms with Crippen molar-refractivity contribution in [2.45, 2.75) is 133 Å². The Bertz CT molecular complexity index is 4300. The number of fused-ring (bicyclic) bond motifs is 14. The van der Waals surface area contributed by atoms with Crippen LogP contribution >= 0.6 is 0 Å². The fraction of sp³-hybridized carbons (Fsp3) is 0.360. The van der Waals surface area contributed by atoms with Gasteiger partial charge in [-0.15, -0.1) is 0 Å². The van der Waals surface area contributed by atoms with Gasteiger partial charge in [-0.1, -0.05) is 126 Å². The molecule has 3 nitrogen and oxygen atoms in total. The maximum Gasteiger partial charge on any atom is 0.333 e. The van der Waals surface area contributed by atoms with Crippen molar-refractivity contribution >= 4 is 78.6 Å². The number of benzene rings is 8. The van der Waals surface area contributed by atoms with Gasteiger partial charge < -0.3 is 13.8 Å². The van der Waals surface area contributed by atoms with Gasteiger partial charge >= 0.3 is 6.85 Å². The zero-order chi connectivity index (χ0) is 52.2. The molecule has 0 radical (unpaired) electrons. The van der Waals surface area contributed by atoms with Crippen LogP contribution in [0, 0.1) is 35.5 Å². The minimum absolute atomic E-state index is 0.0461. The molecule has 388 valence electrons. The fourth-order valence-electron chi connectivity index (χ4n) is 20.8. The molecule has 8 fully saturated rings. The molecule has 4 heteroatoms. The third-order valence-corrected chi connectivity index (χ3v) is 23.4. The van der Waals surface area contributed by atoms with E-state index in [1.807, 2.05) is 0 Å². The summed E-state index contributed by atoms with van der Waals surface area (Å²) in [7, 11) is 0. The van der Waals surface area contributed by atoms with E-state index in [0.717, 1.165) is 46.7 Å². The fourth-order valence-corrected chi connectivity index (χ4v) is 20.8. The summed E-state index contributed by atoms with van der Waals surface area (Å²) in [4.78, 5) is 2.71.